The van der Waals surface area contributed by atoms with Crippen LogP contribution in [0, 0.1) is 0 Å². The molecule has 0 unspecified atom stereocenters. The monoisotopic (exact) mass is 450 g/mol. The second-order valence-corrected chi connectivity index (χ2v) is 8.67. The van der Waals surface area contributed by atoms with Gasteiger partial charge in [0.15, 0.2) is 5.78 Å². The summed E-state index contributed by atoms with van der Waals surface area (Å²) in [7, 11) is 0. The van der Waals surface area contributed by atoms with Crippen molar-refractivity contribution in [3.05, 3.63) is 65.7 Å². The van der Waals surface area contributed by atoms with Crippen molar-refractivity contribution in [2.24, 2.45) is 0 Å². The molecule has 0 aliphatic rings. The summed E-state index contributed by atoms with van der Waals surface area (Å²) in [6.07, 6.45) is 17.1. The van der Waals surface area contributed by atoms with Crippen LogP contribution in [-0.4, -0.2) is 19.0 Å². The maximum Gasteiger partial charge on any atom is 0.185 e. The summed E-state index contributed by atoms with van der Waals surface area (Å²) in [6, 6.07) is 15.3. The fraction of sp³-hybridized carbons (Fsp3) is 0.500. The average Bonchev–Trinajstić information content (AvgIpc) is 2.85. The van der Waals surface area contributed by atoms with E-state index < -0.39 is 0 Å². The van der Waals surface area contributed by atoms with Crippen LogP contribution in [0.1, 0.15) is 100 Å². The van der Waals surface area contributed by atoms with E-state index in [1.54, 1.807) is 6.08 Å². The van der Waals surface area contributed by atoms with Crippen LogP contribution in [0.3, 0.4) is 0 Å². The molecule has 0 heterocycles. The molecule has 0 saturated heterocycles. The minimum absolute atomic E-state index is 0.00937. The summed E-state index contributed by atoms with van der Waals surface area (Å²) in [4.78, 5) is 12.5. The molecule has 33 heavy (non-hydrogen) atoms. The molecule has 0 aliphatic heterocycles. The van der Waals surface area contributed by atoms with Crippen LogP contribution in [0.25, 0.3) is 6.08 Å². The van der Waals surface area contributed by atoms with E-state index >= 15 is 0 Å². The fourth-order valence-electron chi connectivity index (χ4n) is 3.63. The Labute approximate surface area is 201 Å². The van der Waals surface area contributed by atoms with Crippen LogP contribution < -0.4 is 9.47 Å². The van der Waals surface area contributed by atoms with Gasteiger partial charge in [0.2, 0.25) is 0 Å². The Hall–Kier alpha value is -2.55. The normalized spacial score (nSPS) is 11.1. The molecule has 0 spiro atoms. The number of ketones is 1. The van der Waals surface area contributed by atoms with Crippen molar-refractivity contribution in [2.75, 3.05) is 13.2 Å². The minimum atomic E-state index is -0.00937. The number of unbranched alkanes of at least 4 members (excludes halogenated alkanes) is 9. The Balaban J connectivity index is 1.69. The molecule has 3 nitrogen and oxygen atoms in total. The van der Waals surface area contributed by atoms with Crippen molar-refractivity contribution < 1.29 is 14.3 Å². The number of allylic oxidation sites excluding steroid dienone is 1. The van der Waals surface area contributed by atoms with Crippen LogP contribution in [0.2, 0.25) is 0 Å². The first-order chi connectivity index (χ1) is 16.2. The van der Waals surface area contributed by atoms with Gasteiger partial charge in [0.05, 0.1) is 13.2 Å². The third kappa shape index (κ3) is 11.8. The Bertz CT molecular complexity index is 790. The zero-order valence-electron chi connectivity index (χ0n) is 20.7. The molecular weight excluding hydrogens is 408 g/mol. The Kier molecular flexibility index (Phi) is 13.8. The van der Waals surface area contributed by atoms with Crippen molar-refractivity contribution in [3.63, 3.8) is 0 Å². The molecule has 0 N–H and O–H groups in total. The van der Waals surface area contributed by atoms with E-state index in [0.29, 0.717) is 5.56 Å². The third-order valence-electron chi connectivity index (χ3n) is 5.73. The van der Waals surface area contributed by atoms with E-state index in [4.69, 9.17) is 9.47 Å². The molecule has 2 aromatic rings. The van der Waals surface area contributed by atoms with Gasteiger partial charge in [-0.3, -0.25) is 4.79 Å². The van der Waals surface area contributed by atoms with Crippen molar-refractivity contribution >= 4 is 11.9 Å². The lowest BCUT2D eigenvalue weighted by Gasteiger charge is -2.07. The molecule has 0 fully saturated rings. The molecule has 0 radical (unpaired) electrons. The number of ether oxygens (including phenoxy) is 2. The van der Waals surface area contributed by atoms with Crippen LogP contribution in [0.15, 0.2) is 54.6 Å². The van der Waals surface area contributed by atoms with Gasteiger partial charge < -0.3 is 9.47 Å². The largest absolute Gasteiger partial charge is 0.494 e. The van der Waals surface area contributed by atoms with Crippen molar-refractivity contribution in [2.45, 2.75) is 84.5 Å². The summed E-state index contributed by atoms with van der Waals surface area (Å²) in [5.41, 5.74) is 1.65. The van der Waals surface area contributed by atoms with Gasteiger partial charge in [-0.1, -0.05) is 89.8 Å². The zero-order valence-corrected chi connectivity index (χ0v) is 20.7. The van der Waals surface area contributed by atoms with Crippen molar-refractivity contribution in [3.8, 4) is 11.5 Å². The lowest BCUT2D eigenvalue weighted by molar-refractivity contribution is 0.104. The Morgan fingerprint density at radius 1 is 0.636 bits per heavy atom. The number of benzene rings is 2. The molecule has 0 saturated carbocycles. The first kappa shape index (κ1) is 26.7. The topological polar surface area (TPSA) is 35.5 Å². The number of hydrogen-bond donors (Lipinski definition) is 0. The average molecular weight is 451 g/mol. The highest BCUT2D eigenvalue weighted by Crippen LogP contribution is 2.17. The van der Waals surface area contributed by atoms with Gasteiger partial charge in [0, 0.05) is 5.56 Å². The molecule has 3 heteroatoms. The number of carbonyl (C=O) groups is 1. The van der Waals surface area contributed by atoms with Gasteiger partial charge in [-0.2, -0.15) is 0 Å². The first-order valence-electron chi connectivity index (χ1n) is 12.9. The standard InChI is InChI=1S/C30H42O3/c1-3-5-7-9-11-13-25-33-29-21-17-27(18-22-29)30(31)23-16-26-14-19-28(20-15-26)32-24-12-10-8-6-4-2/h14-23H,3-13,24-25H2,1-2H3/b23-16+. The van der Waals surface area contributed by atoms with E-state index in [9.17, 15) is 4.79 Å². The van der Waals surface area contributed by atoms with E-state index in [1.807, 2.05) is 54.6 Å². The van der Waals surface area contributed by atoms with Gasteiger partial charge in [-0.15, -0.1) is 0 Å². The van der Waals surface area contributed by atoms with Crippen molar-refractivity contribution in [1.82, 2.24) is 0 Å². The lowest BCUT2D eigenvalue weighted by Crippen LogP contribution is -1.99. The molecule has 2 rings (SSSR count). The Morgan fingerprint density at radius 2 is 1.09 bits per heavy atom. The molecule has 0 amide bonds. The van der Waals surface area contributed by atoms with E-state index in [1.165, 1.54) is 57.8 Å². The highest BCUT2D eigenvalue weighted by atomic mass is 16.5. The van der Waals surface area contributed by atoms with Crippen LogP contribution in [0.5, 0.6) is 11.5 Å². The van der Waals surface area contributed by atoms with Crippen LogP contribution in [-0.2, 0) is 0 Å². The van der Waals surface area contributed by atoms with Crippen LogP contribution >= 0.6 is 0 Å². The lowest BCUT2D eigenvalue weighted by atomic mass is 10.1. The first-order valence-corrected chi connectivity index (χ1v) is 12.9. The Morgan fingerprint density at radius 3 is 1.61 bits per heavy atom. The van der Waals surface area contributed by atoms with Crippen molar-refractivity contribution in [1.29, 1.82) is 0 Å². The van der Waals surface area contributed by atoms with Gasteiger partial charge in [-0.25, -0.2) is 0 Å². The van der Waals surface area contributed by atoms with Crippen LogP contribution in [0.4, 0.5) is 0 Å². The minimum Gasteiger partial charge on any atom is -0.494 e. The maximum absolute atomic E-state index is 12.5. The summed E-state index contributed by atoms with van der Waals surface area (Å²) in [5.74, 6) is 1.69. The van der Waals surface area contributed by atoms with Gasteiger partial charge in [-0.05, 0) is 60.9 Å². The second kappa shape index (κ2) is 17.0. The van der Waals surface area contributed by atoms with E-state index in [0.717, 1.165) is 43.1 Å². The number of carbonyl (C=O) groups excluding carboxylic acids is 1. The van der Waals surface area contributed by atoms with E-state index in [-0.39, 0.29) is 5.78 Å². The molecule has 180 valence electrons. The number of rotatable bonds is 18. The fourth-order valence-corrected chi connectivity index (χ4v) is 3.63. The summed E-state index contributed by atoms with van der Waals surface area (Å²) < 4.78 is 11.6. The summed E-state index contributed by atoms with van der Waals surface area (Å²) >= 11 is 0. The second-order valence-electron chi connectivity index (χ2n) is 8.67. The summed E-state index contributed by atoms with van der Waals surface area (Å²) in [5, 5.41) is 0. The highest BCUT2D eigenvalue weighted by Gasteiger charge is 2.03. The maximum atomic E-state index is 12.5. The molecule has 0 atom stereocenters. The number of hydrogen-bond acceptors (Lipinski definition) is 3. The summed E-state index contributed by atoms with van der Waals surface area (Å²) in [6.45, 7) is 5.95. The molecule has 0 aliphatic carbocycles. The molecule has 2 aromatic carbocycles. The predicted octanol–water partition coefficient (Wildman–Crippen LogP) is 8.67. The van der Waals surface area contributed by atoms with Gasteiger partial charge in [0.1, 0.15) is 11.5 Å². The SMILES string of the molecule is CCCCCCCCOc1ccc(C(=O)/C=C/c2ccc(OCCCCCCC)cc2)cc1. The van der Waals surface area contributed by atoms with Gasteiger partial charge >= 0.3 is 0 Å². The molecule has 0 aromatic heterocycles. The third-order valence-corrected chi connectivity index (χ3v) is 5.73. The predicted molar refractivity (Wildman–Crippen MR) is 139 cm³/mol. The van der Waals surface area contributed by atoms with Gasteiger partial charge in [0.25, 0.3) is 0 Å². The zero-order chi connectivity index (χ0) is 23.6. The quantitative estimate of drug-likeness (QED) is 0.129. The molecular formula is C30H42O3. The molecule has 0 bridgehead atoms. The highest BCUT2D eigenvalue weighted by molar-refractivity contribution is 6.06. The van der Waals surface area contributed by atoms with E-state index in [2.05, 4.69) is 13.8 Å². The smallest absolute Gasteiger partial charge is 0.185 e.